The van der Waals surface area contributed by atoms with Gasteiger partial charge in [0.2, 0.25) is 11.1 Å². The highest BCUT2D eigenvalue weighted by Gasteiger charge is 2.15. The summed E-state index contributed by atoms with van der Waals surface area (Å²) in [7, 11) is 0. The van der Waals surface area contributed by atoms with Gasteiger partial charge in [-0.15, -0.1) is 0 Å². The predicted octanol–water partition coefficient (Wildman–Crippen LogP) is 1.35. The molecule has 1 aromatic carbocycles. The smallest absolute Gasteiger partial charge is 0.360 e. The minimum Gasteiger partial charge on any atom is -0.476 e. The van der Waals surface area contributed by atoms with Crippen molar-refractivity contribution < 1.29 is 23.1 Å². The van der Waals surface area contributed by atoms with Crippen LogP contribution in [-0.4, -0.2) is 20.9 Å². The van der Waals surface area contributed by atoms with Crippen molar-refractivity contribution in [3.63, 3.8) is 0 Å². The Morgan fingerprint density at radius 2 is 1.79 bits per heavy atom. The van der Waals surface area contributed by atoms with Gasteiger partial charge < -0.3 is 5.11 Å². The molecular weight excluding hydrogens is 265 g/mol. The monoisotopic (exact) mass is 270 g/mol. The summed E-state index contributed by atoms with van der Waals surface area (Å²) in [5, 5.41) is 12.1. The minimum absolute atomic E-state index is 0.297. The summed E-state index contributed by atoms with van der Waals surface area (Å²) in [5.41, 5.74) is -2.25. The van der Waals surface area contributed by atoms with E-state index in [1.54, 1.807) is 0 Å². The van der Waals surface area contributed by atoms with E-state index in [0.717, 1.165) is 12.3 Å². The number of rotatable bonds is 2. The quantitative estimate of drug-likeness (QED) is 0.836. The van der Waals surface area contributed by atoms with Gasteiger partial charge in [0.25, 0.3) is 0 Å². The molecule has 0 radical (unpaired) electrons. The van der Waals surface area contributed by atoms with Gasteiger partial charge in [-0.2, -0.15) is 5.10 Å². The number of carboxylic acid groups (broad SMARTS) is 1. The highest BCUT2D eigenvalue weighted by molar-refractivity contribution is 5.84. The fourth-order valence-electron chi connectivity index (χ4n) is 1.38. The lowest BCUT2D eigenvalue weighted by Gasteiger charge is -2.07. The van der Waals surface area contributed by atoms with Gasteiger partial charge in [-0.3, -0.25) is 4.79 Å². The summed E-state index contributed by atoms with van der Waals surface area (Å²) < 4.78 is 39.9. The SMILES string of the molecule is O=C(O)c1nn(-c2cc(F)c(F)cc2F)ccc1=O. The lowest BCUT2D eigenvalue weighted by atomic mass is 10.3. The largest absolute Gasteiger partial charge is 0.476 e. The number of nitrogens with zero attached hydrogens (tertiary/aromatic N) is 2. The van der Waals surface area contributed by atoms with Crippen LogP contribution in [0.2, 0.25) is 0 Å². The zero-order chi connectivity index (χ0) is 14.2. The average molecular weight is 270 g/mol. The van der Waals surface area contributed by atoms with Gasteiger partial charge in [0.15, 0.2) is 17.5 Å². The maximum absolute atomic E-state index is 13.5. The predicted molar refractivity (Wildman–Crippen MR) is 56.7 cm³/mol. The first kappa shape index (κ1) is 12.8. The van der Waals surface area contributed by atoms with E-state index in [4.69, 9.17) is 5.11 Å². The number of aromatic carboxylic acids is 1. The first-order valence-corrected chi connectivity index (χ1v) is 4.88. The van der Waals surface area contributed by atoms with Crippen molar-refractivity contribution >= 4 is 5.97 Å². The van der Waals surface area contributed by atoms with Crippen LogP contribution in [0.4, 0.5) is 13.2 Å². The fraction of sp³-hybridized carbons (Fsp3) is 0. The van der Waals surface area contributed by atoms with Gasteiger partial charge in [0.1, 0.15) is 5.69 Å². The molecule has 0 saturated heterocycles. The molecule has 0 aliphatic carbocycles. The Hall–Kier alpha value is -2.64. The molecule has 98 valence electrons. The Balaban J connectivity index is 2.66. The normalized spacial score (nSPS) is 10.5. The van der Waals surface area contributed by atoms with Crippen molar-refractivity contribution in [2.24, 2.45) is 0 Å². The van der Waals surface area contributed by atoms with Crippen molar-refractivity contribution in [1.82, 2.24) is 9.78 Å². The van der Waals surface area contributed by atoms with Crippen molar-refractivity contribution in [3.8, 4) is 5.69 Å². The molecule has 0 atom stereocenters. The minimum atomic E-state index is -1.61. The molecule has 0 spiro atoms. The highest BCUT2D eigenvalue weighted by atomic mass is 19.2. The van der Waals surface area contributed by atoms with Crippen LogP contribution in [-0.2, 0) is 0 Å². The Bertz CT molecular complexity index is 728. The van der Waals surface area contributed by atoms with E-state index >= 15 is 0 Å². The molecule has 8 heteroatoms. The van der Waals surface area contributed by atoms with Crippen LogP contribution in [0, 0.1) is 17.5 Å². The number of carbonyl (C=O) groups is 1. The molecule has 0 amide bonds. The lowest BCUT2D eigenvalue weighted by Crippen LogP contribution is -2.20. The molecule has 1 aromatic heterocycles. The molecular formula is C11H5F3N2O3. The van der Waals surface area contributed by atoms with Crippen LogP contribution < -0.4 is 5.43 Å². The standard InChI is InChI=1S/C11H5F3N2O3/c12-5-3-7(14)8(4-6(5)13)16-2-1-9(17)10(15-16)11(18)19/h1-4H,(H,18,19). The maximum Gasteiger partial charge on any atom is 0.360 e. The third-order valence-corrected chi connectivity index (χ3v) is 2.25. The number of hydrogen-bond acceptors (Lipinski definition) is 3. The molecule has 19 heavy (non-hydrogen) atoms. The molecule has 5 nitrogen and oxygen atoms in total. The van der Waals surface area contributed by atoms with Gasteiger partial charge >= 0.3 is 5.97 Å². The van der Waals surface area contributed by atoms with Gasteiger partial charge in [0, 0.05) is 24.4 Å². The van der Waals surface area contributed by atoms with E-state index in [1.165, 1.54) is 0 Å². The molecule has 0 bridgehead atoms. The van der Waals surface area contributed by atoms with Gasteiger partial charge in [-0.25, -0.2) is 22.6 Å². The second kappa shape index (κ2) is 4.56. The van der Waals surface area contributed by atoms with Crippen LogP contribution >= 0.6 is 0 Å². The number of hydrogen-bond donors (Lipinski definition) is 1. The average Bonchev–Trinajstić information content (AvgIpc) is 2.34. The molecule has 0 unspecified atom stereocenters. The Morgan fingerprint density at radius 1 is 1.16 bits per heavy atom. The zero-order valence-electron chi connectivity index (χ0n) is 9.10. The third kappa shape index (κ3) is 2.32. The van der Waals surface area contributed by atoms with Crippen LogP contribution in [0.5, 0.6) is 0 Å². The van der Waals surface area contributed by atoms with Gasteiger partial charge in [-0.1, -0.05) is 0 Å². The summed E-state index contributed by atoms with van der Waals surface area (Å²) in [6.45, 7) is 0. The van der Waals surface area contributed by atoms with Crippen molar-refractivity contribution in [2.45, 2.75) is 0 Å². The van der Waals surface area contributed by atoms with Crippen molar-refractivity contribution in [2.75, 3.05) is 0 Å². The van der Waals surface area contributed by atoms with Gasteiger partial charge in [0.05, 0.1) is 0 Å². The number of aromatic nitrogens is 2. The Kier molecular flexibility index (Phi) is 3.07. The van der Waals surface area contributed by atoms with E-state index < -0.39 is 40.2 Å². The van der Waals surface area contributed by atoms with E-state index in [-0.39, 0.29) is 0 Å². The van der Waals surface area contributed by atoms with Crippen molar-refractivity contribution in [1.29, 1.82) is 0 Å². The summed E-state index contributed by atoms with van der Waals surface area (Å²) in [4.78, 5) is 21.9. The van der Waals surface area contributed by atoms with Crippen LogP contribution in [0.1, 0.15) is 10.5 Å². The maximum atomic E-state index is 13.5. The number of carboxylic acids is 1. The fourth-order valence-corrected chi connectivity index (χ4v) is 1.38. The first-order chi connectivity index (χ1) is 8.90. The molecule has 0 aliphatic rings. The summed E-state index contributed by atoms with van der Waals surface area (Å²) >= 11 is 0. The Morgan fingerprint density at radius 3 is 2.42 bits per heavy atom. The molecule has 0 saturated carbocycles. The summed E-state index contributed by atoms with van der Waals surface area (Å²) in [6, 6.07) is 1.63. The van der Waals surface area contributed by atoms with E-state index in [1.807, 2.05) is 0 Å². The van der Waals surface area contributed by atoms with Crippen LogP contribution in [0.3, 0.4) is 0 Å². The Labute approximate surface area is 103 Å². The third-order valence-electron chi connectivity index (χ3n) is 2.25. The highest BCUT2D eigenvalue weighted by Crippen LogP contribution is 2.16. The second-order valence-corrected chi connectivity index (χ2v) is 3.50. The summed E-state index contributed by atoms with van der Waals surface area (Å²) in [5.74, 6) is -5.47. The van der Waals surface area contributed by atoms with E-state index in [9.17, 15) is 22.8 Å². The zero-order valence-corrected chi connectivity index (χ0v) is 9.10. The molecule has 2 rings (SSSR count). The van der Waals surface area contributed by atoms with Gasteiger partial charge in [-0.05, 0) is 0 Å². The summed E-state index contributed by atoms with van der Waals surface area (Å²) in [6.07, 6.45) is 0.949. The van der Waals surface area contributed by atoms with Crippen LogP contribution in [0.15, 0.2) is 29.2 Å². The molecule has 0 fully saturated rings. The van der Waals surface area contributed by atoms with Crippen LogP contribution in [0.25, 0.3) is 5.69 Å². The number of benzene rings is 1. The topological polar surface area (TPSA) is 72.2 Å². The molecule has 1 N–H and O–H groups in total. The van der Waals surface area contributed by atoms with Crippen molar-refractivity contribution in [3.05, 3.63) is 57.8 Å². The first-order valence-electron chi connectivity index (χ1n) is 4.88. The molecule has 2 aromatic rings. The van der Waals surface area contributed by atoms with E-state index in [2.05, 4.69) is 5.10 Å². The van der Waals surface area contributed by atoms with E-state index in [0.29, 0.717) is 16.8 Å². The molecule has 0 aliphatic heterocycles. The lowest BCUT2D eigenvalue weighted by molar-refractivity contribution is 0.0686. The second-order valence-electron chi connectivity index (χ2n) is 3.50. The number of halogens is 3. The molecule has 1 heterocycles.